The summed E-state index contributed by atoms with van der Waals surface area (Å²) in [7, 11) is 0. The van der Waals surface area contributed by atoms with Gasteiger partial charge in [0, 0.05) is 6.54 Å². The van der Waals surface area contributed by atoms with Crippen molar-refractivity contribution in [3.63, 3.8) is 0 Å². The minimum Gasteiger partial charge on any atom is -0.357 e. The molecule has 2 aromatic rings. The number of carbonyl (C=O) groups excluding carboxylic acids is 1. The van der Waals surface area contributed by atoms with Crippen LogP contribution < -0.4 is 5.32 Å². The van der Waals surface area contributed by atoms with E-state index in [-0.39, 0.29) is 5.78 Å². The van der Waals surface area contributed by atoms with Gasteiger partial charge in [-0.05, 0) is 12.1 Å². The maximum Gasteiger partial charge on any atom is 0.206 e. The Morgan fingerprint density at radius 3 is 3.00 bits per heavy atom. The second-order valence-corrected chi connectivity index (χ2v) is 7.27. The zero-order valence-electron chi connectivity index (χ0n) is 9.76. The summed E-state index contributed by atoms with van der Waals surface area (Å²) >= 11 is 9.89. The van der Waals surface area contributed by atoms with Gasteiger partial charge in [0.25, 0.3) is 0 Å². The summed E-state index contributed by atoms with van der Waals surface area (Å²) in [6.45, 7) is 4.26. The largest absolute Gasteiger partial charge is 0.357 e. The molecule has 0 saturated carbocycles. The lowest BCUT2D eigenvalue weighted by Crippen LogP contribution is -1.98. The highest BCUT2D eigenvalue weighted by molar-refractivity contribution is 8.01. The first kappa shape index (κ1) is 14.5. The average Bonchev–Trinajstić information content (AvgIpc) is 3.02. The van der Waals surface area contributed by atoms with Crippen molar-refractivity contribution in [2.45, 2.75) is 4.34 Å². The van der Waals surface area contributed by atoms with E-state index in [2.05, 4.69) is 22.1 Å². The number of hydrogen-bond donors (Lipinski definition) is 1. The molecule has 0 aliphatic carbocycles. The van der Waals surface area contributed by atoms with E-state index in [1.54, 1.807) is 18.2 Å². The molecule has 1 N–H and O–H groups in total. The van der Waals surface area contributed by atoms with E-state index in [0.29, 0.717) is 21.5 Å². The van der Waals surface area contributed by atoms with Gasteiger partial charge in [0.2, 0.25) is 5.13 Å². The summed E-state index contributed by atoms with van der Waals surface area (Å²) in [6.07, 6.45) is 1.75. The predicted octanol–water partition coefficient (Wildman–Crippen LogP) is 3.83. The number of thioether (sulfide) groups is 1. The number of aromatic nitrogens is 2. The van der Waals surface area contributed by atoms with Crippen molar-refractivity contribution in [1.29, 1.82) is 0 Å². The third-order valence-electron chi connectivity index (χ3n) is 1.98. The van der Waals surface area contributed by atoms with Crippen molar-refractivity contribution in [3.8, 4) is 0 Å². The fourth-order valence-corrected chi connectivity index (χ4v) is 3.88. The molecule has 0 aliphatic heterocycles. The van der Waals surface area contributed by atoms with Crippen LogP contribution in [0.4, 0.5) is 5.13 Å². The Morgan fingerprint density at radius 2 is 2.32 bits per heavy atom. The van der Waals surface area contributed by atoms with Crippen LogP contribution in [0.25, 0.3) is 0 Å². The second kappa shape index (κ2) is 7.04. The summed E-state index contributed by atoms with van der Waals surface area (Å²) in [5.74, 6) is 0.394. The predicted molar refractivity (Wildman–Crippen MR) is 83.0 cm³/mol. The van der Waals surface area contributed by atoms with Gasteiger partial charge in [0.15, 0.2) is 10.1 Å². The van der Waals surface area contributed by atoms with E-state index < -0.39 is 0 Å². The Balaban J connectivity index is 1.86. The minimum atomic E-state index is 0.0534. The number of Topliss-reactive ketones (excluding diaryl/α,β-unsaturated/α-hetero) is 1. The highest BCUT2D eigenvalue weighted by Gasteiger charge is 2.11. The topological polar surface area (TPSA) is 54.9 Å². The molecule has 2 heterocycles. The highest BCUT2D eigenvalue weighted by atomic mass is 35.5. The molecule has 0 bridgehead atoms. The van der Waals surface area contributed by atoms with Gasteiger partial charge in [-0.2, -0.15) is 0 Å². The smallest absolute Gasteiger partial charge is 0.206 e. The molecule has 0 aromatic carbocycles. The van der Waals surface area contributed by atoms with Crippen molar-refractivity contribution in [1.82, 2.24) is 10.2 Å². The first-order chi connectivity index (χ1) is 9.19. The molecular weight excluding hydrogens is 322 g/mol. The molecule has 4 nitrogen and oxygen atoms in total. The van der Waals surface area contributed by atoms with Gasteiger partial charge >= 0.3 is 0 Å². The maximum absolute atomic E-state index is 11.9. The normalized spacial score (nSPS) is 10.4. The number of nitrogens with zero attached hydrogens (tertiary/aromatic N) is 2. The average molecular weight is 332 g/mol. The minimum absolute atomic E-state index is 0.0534. The molecule has 0 amide bonds. The number of anilines is 1. The molecule has 2 aromatic heterocycles. The van der Waals surface area contributed by atoms with Gasteiger partial charge in [-0.25, -0.2) is 0 Å². The van der Waals surface area contributed by atoms with Crippen LogP contribution in [-0.2, 0) is 0 Å². The van der Waals surface area contributed by atoms with E-state index in [1.807, 2.05) is 0 Å². The fourth-order valence-electron chi connectivity index (χ4n) is 1.16. The highest BCUT2D eigenvalue weighted by Crippen LogP contribution is 2.28. The third kappa shape index (κ3) is 4.31. The summed E-state index contributed by atoms with van der Waals surface area (Å²) in [5, 5.41) is 11.7. The molecule has 19 heavy (non-hydrogen) atoms. The van der Waals surface area contributed by atoms with E-state index in [4.69, 9.17) is 11.6 Å². The number of nitrogens with one attached hydrogen (secondary N) is 1. The van der Waals surface area contributed by atoms with E-state index in [1.165, 1.54) is 34.4 Å². The molecule has 0 radical (unpaired) electrons. The molecule has 0 unspecified atom stereocenters. The van der Waals surface area contributed by atoms with Gasteiger partial charge in [-0.3, -0.25) is 4.79 Å². The standard InChI is InChI=1S/C11H10ClN3OS3/c1-2-5-13-10-14-15-11(19-10)17-6-7(16)8-3-4-9(12)18-8/h2-4H,1,5-6H2,(H,13,14). The number of hydrogen-bond acceptors (Lipinski definition) is 7. The van der Waals surface area contributed by atoms with Crippen molar-refractivity contribution in [2.24, 2.45) is 0 Å². The summed E-state index contributed by atoms with van der Waals surface area (Å²) in [4.78, 5) is 12.5. The van der Waals surface area contributed by atoms with Crippen molar-refractivity contribution < 1.29 is 4.79 Å². The quantitative estimate of drug-likeness (QED) is 0.475. The van der Waals surface area contributed by atoms with Crippen molar-refractivity contribution in [3.05, 3.63) is 34.0 Å². The molecule has 2 rings (SSSR count). The lowest BCUT2D eigenvalue weighted by atomic mass is 10.4. The zero-order chi connectivity index (χ0) is 13.7. The Kier molecular flexibility index (Phi) is 5.38. The van der Waals surface area contributed by atoms with Crippen LogP contribution in [-0.4, -0.2) is 28.3 Å². The third-order valence-corrected chi connectivity index (χ3v) is 5.27. The number of ketones is 1. The molecule has 0 fully saturated rings. The van der Waals surface area contributed by atoms with Crippen molar-refractivity contribution >= 4 is 57.0 Å². The molecule has 100 valence electrons. The summed E-state index contributed by atoms with van der Waals surface area (Å²) < 4.78 is 1.39. The van der Waals surface area contributed by atoms with Gasteiger partial charge in [0.05, 0.1) is 15.0 Å². The number of thiophene rings is 1. The number of rotatable bonds is 7. The molecule has 0 aliphatic rings. The lowest BCUT2D eigenvalue weighted by Gasteiger charge is -1.95. The summed E-state index contributed by atoms with van der Waals surface area (Å²) in [6, 6.07) is 3.47. The monoisotopic (exact) mass is 331 g/mol. The van der Waals surface area contributed by atoms with E-state index in [0.717, 1.165) is 9.47 Å². The molecule has 0 saturated heterocycles. The second-order valence-electron chi connectivity index (χ2n) is 3.36. The Morgan fingerprint density at radius 1 is 1.47 bits per heavy atom. The lowest BCUT2D eigenvalue weighted by molar-refractivity contribution is 0.102. The van der Waals surface area contributed by atoms with Crippen LogP contribution in [0.3, 0.4) is 0 Å². The van der Waals surface area contributed by atoms with Gasteiger partial charge in [-0.1, -0.05) is 40.8 Å². The molecule has 0 atom stereocenters. The van der Waals surface area contributed by atoms with Crippen LogP contribution in [0.15, 0.2) is 29.1 Å². The Bertz CT molecular complexity index is 581. The first-order valence-corrected chi connectivity index (χ1v) is 8.28. The van der Waals surface area contributed by atoms with E-state index >= 15 is 0 Å². The van der Waals surface area contributed by atoms with Crippen LogP contribution in [0.5, 0.6) is 0 Å². The molecular formula is C11H10ClN3OS3. The zero-order valence-corrected chi connectivity index (χ0v) is 13.0. The van der Waals surface area contributed by atoms with Gasteiger partial charge < -0.3 is 5.32 Å². The Hall–Kier alpha value is -0.890. The fraction of sp³-hybridized carbons (Fsp3) is 0.182. The Labute approximate surface area is 127 Å². The SMILES string of the molecule is C=CCNc1nnc(SCC(=O)c2ccc(Cl)s2)s1. The van der Waals surface area contributed by atoms with E-state index in [9.17, 15) is 4.79 Å². The number of halogens is 1. The first-order valence-electron chi connectivity index (χ1n) is 5.28. The maximum atomic E-state index is 11.9. The van der Waals surface area contributed by atoms with Crippen LogP contribution in [0, 0.1) is 0 Å². The van der Waals surface area contributed by atoms with Crippen LogP contribution in [0.2, 0.25) is 4.34 Å². The molecule has 0 spiro atoms. The summed E-state index contributed by atoms with van der Waals surface area (Å²) in [5.41, 5.74) is 0. The van der Waals surface area contributed by atoms with Gasteiger partial charge in [-0.15, -0.1) is 28.1 Å². The number of carbonyl (C=O) groups is 1. The van der Waals surface area contributed by atoms with Gasteiger partial charge in [0.1, 0.15) is 0 Å². The molecule has 8 heteroatoms. The van der Waals surface area contributed by atoms with Crippen LogP contribution in [0.1, 0.15) is 9.67 Å². The van der Waals surface area contributed by atoms with Crippen molar-refractivity contribution in [2.75, 3.05) is 17.6 Å². The van der Waals surface area contributed by atoms with Crippen LogP contribution >= 0.6 is 46.0 Å².